The highest BCUT2D eigenvalue weighted by Crippen LogP contribution is 2.36. The molecule has 0 fully saturated rings. The van der Waals surface area contributed by atoms with E-state index >= 15 is 0 Å². The van der Waals surface area contributed by atoms with E-state index in [1.165, 1.54) is 89.2 Å². The molecule has 0 saturated heterocycles. The number of unbranched alkanes of at least 4 members (excludes halogenated alkanes) is 9. The second-order valence-electron chi connectivity index (χ2n) is 9.39. The van der Waals surface area contributed by atoms with E-state index in [-0.39, 0.29) is 0 Å². The van der Waals surface area contributed by atoms with Crippen molar-refractivity contribution in [2.24, 2.45) is 0 Å². The molecule has 0 aliphatic rings. The lowest BCUT2D eigenvalue weighted by Crippen LogP contribution is -2.03. The molecule has 4 heteroatoms. The monoisotopic (exact) mass is 464 g/mol. The van der Waals surface area contributed by atoms with Crippen molar-refractivity contribution >= 4 is 42.4 Å². The predicted molar refractivity (Wildman–Crippen MR) is 141 cm³/mol. The standard InChI is InChI=1S/C29H36O3S/c1-33(30,31)32-22-11-9-7-5-3-2-4-6-8-10-13-23-16-17-26-19-18-24-14-12-15-25-20-21-27(23)29(26)28(24)25/h12,14-21H,2-11,13,22H2,1H3. The van der Waals surface area contributed by atoms with Crippen LogP contribution >= 0.6 is 0 Å². The molecule has 176 valence electrons. The van der Waals surface area contributed by atoms with Gasteiger partial charge in [0.25, 0.3) is 10.1 Å². The number of aryl methyl sites for hydroxylation is 1. The van der Waals surface area contributed by atoms with Crippen molar-refractivity contribution in [3.05, 3.63) is 60.2 Å². The largest absolute Gasteiger partial charge is 0.270 e. The van der Waals surface area contributed by atoms with E-state index in [9.17, 15) is 8.42 Å². The highest BCUT2D eigenvalue weighted by molar-refractivity contribution is 7.85. The smallest absolute Gasteiger partial charge is 0.264 e. The van der Waals surface area contributed by atoms with Gasteiger partial charge in [-0.05, 0) is 57.1 Å². The highest BCUT2D eigenvalue weighted by Gasteiger charge is 2.10. The fourth-order valence-electron chi connectivity index (χ4n) is 5.06. The van der Waals surface area contributed by atoms with Crippen LogP contribution in [0.25, 0.3) is 32.3 Å². The van der Waals surface area contributed by atoms with E-state index in [0.29, 0.717) is 6.61 Å². The maximum Gasteiger partial charge on any atom is 0.264 e. The van der Waals surface area contributed by atoms with Crippen molar-refractivity contribution in [3.63, 3.8) is 0 Å². The van der Waals surface area contributed by atoms with Gasteiger partial charge in [-0.15, -0.1) is 0 Å². The lowest BCUT2D eigenvalue weighted by Gasteiger charge is -2.14. The lowest BCUT2D eigenvalue weighted by atomic mass is 9.90. The van der Waals surface area contributed by atoms with Gasteiger partial charge in [-0.1, -0.05) is 106 Å². The molecule has 3 nitrogen and oxygen atoms in total. The summed E-state index contributed by atoms with van der Waals surface area (Å²) in [6.07, 6.45) is 14.3. The SMILES string of the molecule is CS(=O)(=O)OCCCCCCCCCCCCc1ccc2ccc3cccc4ccc1c2c34. The van der Waals surface area contributed by atoms with Crippen LogP contribution in [0.1, 0.15) is 69.8 Å². The van der Waals surface area contributed by atoms with Crippen molar-refractivity contribution in [3.8, 4) is 0 Å². The Kier molecular flexibility index (Phi) is 8.21. The molecular weight excluding hydrogens is 428 g/mol. The maximum atomic E-state index is 10.9. The molecule has 4 aromatic carbocycles. The van der Waals surface area contributed by atoms with Crippen LogP contribution in [-0.4, -0.2) is 21.3 Å². The van der Waals surface area contributed by atoms with E-state index in [2.05, 4.69) is 54.6 Å². The third-order valence-corrected chi connectivity index (χ3v) is 7.35. The van der Waals surface area contributed by atoms with E-state index in [0.717, 1.165) is 25.5 Å². The Morgan fingerprint density at radius 1 is 0.606 bits per heavy atom. The first-order valence-electron chi connectivity index (χ1n) is 12.5. The molecular formula is C29H36O3S. The summed E-state index contributed by atoms with van der Waals surface area (Å²) in [4.78, 5) is 0. The van der Waals surface area contributed by atoms with Crippen LogP contribution in [0.15, 0.2) is 54.6 Å². The van der Waals surface area contributed by atoms with E-state index < -0.39 is 10.1 Å². The Morgan fingerprint density at radius 2 is 1.12 bits per heavy atom. The normalized spacial score (nSPS) is 12.4. The summed E-state index contributed by atoms with van der Waals surface area (Å²) in [5.74, 6) is 0. The molecule has 0 saturated carbocycles. The molecule has 0 heterocycles. The first-order valence-corrected chi connectivity index (χ1v) is 14.3. The lowest BCUT2D eigenvalue weighted by molar-refractivity contribution is 0.309. The van der Waals surface area contributed by atoms with E-state index in [1.807, 2.05) is 0 Å². The van der Waals surface area contributed by atoms with Gasteiger partial charge in [-0.25, -0.2) is 0 Å². The van der Waals surface area contributed by atoms with Gasteiger partial charge >= 0.3 is 0 Å². The van der Waals surface area contributed by atoms with Gasteiger partial charge in [-0.2, -0.15) is 8.42 Å². The maximum absolute atomic E-state index is 10.9. The summed E-state index contributed by atoms with van der Waals surface area (Å²) in [7, 11) is -3.28. The minimum atomic E-state index is -3.28. The summed E-state index contributed by atoms with van der Waals surface area (Å²) in [5, 5.41) is 8.30. The second-order valence-corrected chi connectivity index (χ2v) is 11.0. The van der Waals surface area contributed by atoms with Crippen LogP contribution in [0.5, 0.6) is 0 Å². The number of rotatable bonds is 14. The van der Waals surface area contributed by atoms with Gasteiger partial charge in [0.15, 0.2) is 0 Å². The van der Waals surface area contributed by atoms with Crippen molar-refractivity contribution in [1.82, 2.24) is 0 Å². The Morgan fingerprint density at radius 3 is 1.76 bits per heavy atom. The number of hydrogen-bond acceptors (Lipinski definition) is 3. The first-order chi connectivity index (χ1) is 16.0. The summed E-state index contributed by atoms with van der Waals surface area (Å²) in [6, 6.07) is 20.4. The molecule has 0 unspecified atom stereocenters. The molecule has 33 heavy (non-hydrogen) atoms. The van der Waals surface area contributed by atoms with Gasteiger partial charge in [-0.3, -0.25) is 4.18 Å². The molecule has 0 aromatic heterocycles. The van der Waals surface area contributed by atoms with Crippen LogP contribution in [-0.2, 0) is 20.7 Å². The fourth-order valence-corrected chi connectivity index (χ4v) is 5.48. The molecule has 0 aliphatic heterocycles. The predicted octanol–water partition coefficient (Wildman–Crippen LogP) is 8.00. The Balaban J connectivity index is 1.16. The van der Waals surface area contributed by atoms with Gasteiger partial charge in [0.2, 0.25) is 0 Å². The Hall–Kier alpha value is -2.17. The molecule has 0 radical (unpaired) electrons. The zero-order valence-corrected chi connectivity index (χ0v) is 20.6. The van der Waals surface area contributed by atoms with Crippen molar-refractivity contribution < 1.29 is 12.6 Å². The number of hydrogen-bond donors (Lipinski definition) is 0. The summed E-state index contributed by atoms with van der Waals surface area (Å²) in [6.45, 7) is 0.324. The van der Waals surface area contributed by atoms with Gasteiger partial charge < -0.3 is 0 Å². The molecule has 0 aliphatic carbocycles. The molecule has 0 bridgehead atoms. The van der Waals surface area contributed by atoms with Crippen LogP contribution in [0.4, 0.5) is 0 Å². The van der Waals surface area contributed by atoms with E-state index in [4.69, 9.17) is 4.18 Å². The average Bonchev–Trinajstić information content (AvgIpc) is 2.80. The molecule has 0 N–H and O–H groups in total. The highest BCUT2D eigenvalue weighted by atomic mass is 32.2. The molecule has 0 atom stereocenters. The van der Waals surface area contributed by atoms with Gasteiger partial charge in [0.05, 0.1) is 12.9 Å². The molecule has 0 amide bonds. The minimum absolute atomic E-state index is 0.324. The van der Waals surface area contributed by atoms with Gasteiger partial charge in [0, 0.05) is 0 Å². The molecule has 4 aromatic rings. The second kappa shape index (κ2) is 11.3. The molecule has 0 spiro atoms. The zero-order valence-electron chi connectivity index (χ0n) is 19.8. The van der Waals surface area contributed by atoms with Crippen molar-refractivity contribution in [1.29, 1.82) is 0 Å². The van der Waals surface area contributed by atoms with Gasteiger partial charge in [0.1, 0.15) is 0 Å². The minimum Gasteiger partial charge on any atom is -0.270 e. The van der Waals surface area contributed by atoms with Crippen LogP contribution in [0.2, 0.25) is 0 Å². The Bertz CT molecular complexity index is 1260. The van der Waals surface area contributed by atoms with Crippen molar-refractivity contribution in [2.75, 3.05) is 12.9 Å². The third kappa shape index (κ3) is 6.45. The quantitative estimate of drug-likeness (QED) is 0.108. The average molecular weight is 465 g/mol. The fraction of sp³-hybridized carbons (Fsp3) is 0.448. The summed E-state index contributed by atoms with van der Waals surface area (Å²) in [5.41, 5.74) is 1.49. The Labute approximate surface area is 198 Å². The summed E-state index contributed by atoms with van der Waals surface area (Å²) >= 11 is 0. The first kappa shape index (κ1) is 24.0. The van der Waals surface area contributed by atoms with E-state index in [1.54, 1.807) is 0 Å². The number of benzene rings is 4. The third-order valence-electron chi connectivity index (χ3n) is 6.76. The zero-order chi connectivity index (χ0) is 23.1. The summed E-state index contributed by atoms with van der Waals surface area (Å²) < 4.78 is 26.6. The van der Waals surface area contributed by atoms with Crippen LogP contribution in [0, 0.1) is 0 Å². The molecule has 4 rings (SSSR count). The topological polar surface area (TPSA) is 43.4 Å². The van der Waals surface area contributed by atoms with Crippen LogP contribution in [0.3, 0.4) is 0 Å². The van der Waals surface area contributed by atoms with Crippen molar-refractivity contribution in [2.45, 2.75) is 70.6 Å². The van der Waals surface area contributed by atoms with Crippen LogP contribution < -0.4 is 0 Å².